The Balaban J connectivity index is 2.38. The van der Waals surface area contributed by atoms with Gasteiger partial charge in [0.2, 0.25) is 0 Å². The van der Waals surface area contributed by atoms with Crippen LogP contribution in [0.2, 0.25) is 0 Å². The number of nitrogens with one attached hydrogen (secondary N) is 2. The number of pyridine rings is 1. The van der Waals surface area contributed by atoms with Gasteiger partial charge < -0.3 is 10.1 Å². The molecule has 2 rings (SSSR count). The van der Waals surface area contributed by atoms with E-state index in [2.05, 4.69) is 10.3 Å². The smallest absolute Gasteiger partial charge is 0.416 e. The van der Waals surface area contributed by atoms with Crippen LogP contribution in [-0.4, -0.2) is 33.2 Å². The van der Waals surface area contributed by atoms with Crippen LogP contribution < -0.4 is 5.32 Å². The van der Waals surface area contributed by atoms with Gasteiger partial charge in [-0.1, -0.05) is 25.1 Å². The fourth-order valence-corrected chi connectivity index (χ4v) is 2.54. The fraction of sp³-hybridized carbons (Fsp3) is 0.304. The molecule has 0 saturated carbocycles. The fourth-order valence-electron chi connectivity index (χ4n) is 2.54. The number of carbonyl (C=O) groups excluding carboxylic acids is 2. The Morgan fingerprint density at radius 1 is 1.19 bits per heavy atom. The molecule has 0 aliphatic carbocycles. The number of ketones is 1. The van der Waals surface area contributed by atoms with Crippen LogP contribution >= 0.6 is 0 Å². The average molecular weight is 426 g/mol. The molecule has 1 amide bonds. The number of amidine groups is 1. The summed E-state index contributed by atoms with van der Waals surface area (Å²) in [6.45, 7) is 6.73. The van der Waals surface area contributed by atoms with Crippen LogP contribution in [0.4, 0.5) is 15.0 Å². The van der Waals surface area contributed by atoms with E-state index in [0.29, 0.717) is 11.4 Å². The Labute approximate surface area is 181 Å². The summed E-state index contributed by atoms with van der Waals surface area (Å²) in [5.74, 6) is -0.585. The summed E-state index contributed by atoms with van der Waals surface area (Å²) in [6.07, 6.45) is 2.30. The predicted molar refractivity (Wildman–Crippen MR) is 117 cm³/mol. The van der Waals surface area contributed by atoms with Gasteiger partial charge in [0.1, 0.15) is 23.1 Å². The molecular formula is C23H27FN4O3. The van der Waals surface area contributed by atoms with Gasteiger partial charge in [-0.3, -0.25) is 15.1 Å². The number of anilines is 1. The first-order valence-corrected chi connectivity index (χ1v) is 9.85. The molecule has 0 spiro atoms. The number of aromatic nitrogens is 1. The number of rotatable bonds is 7. The summed E-state index contributed by atoms with van der Waals surface area (Å²) in [6, 6.07) is 10.8. The molecule has 164 valence electrons. The van der Waals surface area contributed by atoms with E-state index in [-0.39, 0.29) is 30.2 Å². The van der Waals surface area contributed by atoms with E-state index in [0.717, 1.165) is 4.90 Å². The number of nitrogens with zero attached hydrogens (tertiary/aromatic N) is 2. The summed E-state index contributed by atoms with van der Waals surface area (Å²) in [4.78, 5) is 30.6. The Bertz CT molecular complexity index is 951. The zero-order chi connectivity index (χ0) is 23.0. The topological polar surface area (TPSA) is 95.4 Å². The highest BCUT2D eigenvalue weighted by Gasteiger charge is 2.29. The normalized spacial score (nSPS) is 11.6. The Morgan fingerprint density at radius 3 is 2.42 bits per heavy atom. The lowest BCUT2D eigenvalue weighted by molar-refractivity contribution is -0.114. The molecule has 0 unspecified atom stereocenters. The molecule has 0 saturated heterocycles. The van der Waals surface area contributed by atoms with Gasteiger partial charge in [-0.15, -0.1) is 0 Å². The third kappa shape index (κ3) is 7.33. The molecule has 0 bridgehead atoms. The van der Waals surface area contributed by atoms with Crippen molar-refractivity contribution in [2.45, 2.75) is 46.3 Å². The molecule has 0 aliphatic heterocycles. The van der Waals surface area contributed by atoms with E-state index in [1.54, 1.807) is 52.1 Å². The minimum Gasteiger partial charge on any atom is -0.443 e. The van der Waals surface area contributed by atoms with Crippen molar-refractivity contribution in [3.8, 4) is 0 Å². The summed E-state index contributed by atoms with van der Waals surface area (Å²) >= 11 is 0. The first-order valence-electron chi connectivity index (χ1n) is 9.85. The number of Topliss-reactive ketones (excluding diaryl/α,β-unsaturated/α-hetero) is 1. The molecule has 1 aromatic carbocycles. The first-order chi connectivity index (χ1) is 14.6. The molecule has 0 aliphatic rings. The molecule has 7 nitrogen and oxygen atoms in total. The van der Waals surface area contributed by atoms with Crippen molar-refractivity contribution < 1.29 is 18.7 Å². The summed E-state index contributed by atoms with van der Waals surface area (Å²) in [5.41, 5.74) is -0.220. The highest BCUT2D eigenvalue weighted by molar-refractivity contribution is 6.23. The predicted octanol–water partition coefficient (Wildman–Crippen LogP) is 4.91. The number of halogens is 1. The molecule has 1 aromatic heterocycles. The van der Waals surface area contributed by atoms with Crippen molar-refractivity contribution >= 4 is 23.5 Å². The third-order valence-corrected chi connectivity index (χ3v) is 4.04. The van der Waals surface area contributed by atoms with Crippen LogP contribution in [-0.2, 0) is 16.1 Å². The molecule has 8 heteroatoms. The van der Waals surface area contributed by atoms with Gasteiger partial charge in [-0.2, -0.15) is 0 Å². The molecule has 0 atom stereocenters. The third-order valence-electron chi connectivity index (χ3n) is 4.04. The number of hydrogen-bond acceptors (Lipinski definition) is 6. The molecule has 0 fully saturated rings. The van der Waals surface area contributed by atoms with Crippen LogP contribution in [0.15, 0.2) is 60.4 Å². The second kappa shape index (κ2) is 10.5. The average Bonchev–Trinajstić information content (AvgIpc) is 2.72. The van der Waals surface area contributed by atoms with Crippen LogP contribution in [0, 0.1) is 11.2 Å². The Morgan fingerprint density at radius 2 is 1.87 bits per heavy atom. The zero-order valence-corrected chi connectivity index (χ0v) is 18.1. The van der Waals surface area contributed by atoms with Gasteiger partial charge in [0.15, 0.2) is 5.78 Å². The minimum atomic E-state index is -0.802. The number of amides is 1. The van der Waals surface area contributed by atoms with Gasteiger partial charge in [0.05, 0.1) is 12.1 Å². The van der Waals surface area contributed by atoms with E-state index < -0.39 is 17.5 Å². The van der Waals surface area contributed by atoms with Gasteiger partial charge >= 0.3 is 6.09 Å². The highest BCUT2D eigenvalue weighted by Crippen LogP contribution is 2.17. The van der Waals surface area contributed by atoms with Crippen LogP contribution in [0.25, 0.3) is 0 Å². The maximum atomic E-state index is 13.3. The van der Waals surface area contributed by atoms with Crippen LogP contribution in [0.1, 0.15) is 39.7 Å². The summed E-state index contributed by atoms with van der Waals surface area (Å²) in [7, 11) is 0. The van der Waals surface area contributed by atoms with Gasteiger partial charge in [-0.25, -0.2) is 14.2 Å². The lowest BCUT2D eigenvalue weighted by Crippen LogP contribution is -2.42. The second-order valence-corrected chi connectivity index (χ2v) is 7.74. The maximum Gasteiger partial charge on any atom is 0.416 e. The van der Waals surface area contributed by atoms with E-state index in [9.17, 15) is 14.0 Å². The molecule has 31 heavy (non-hydrogen) atoms. The number of hydrogen-bond donors (Lipinski definition) is 2. The van der Waals surface area contributed by atoms with Crippen LogP contribution in [0.3, 0.4) is 0 Å². The van der Waals surface area contributed by atoms with E-state index >= 15 is 0 Å². The van der Waals surface area contributed by atoms with E-state index in [1.807, 2.05) is 0 Å². The molecule has 1 heterocycles. The monoisotopic (exact) mass is 426 g/mol. The first kappa shape index (κ1) is 23.7. The largest absolute Gasteiger partial charge is 0.443 e. The summed E-state index contributed by atoms with van der Waals surface area (Å²) in [5, 5.41) is 11.5. The molecular weight excluding hydrogens is 399 g/mol. The molecule has 0 radical (unpaired) electrons. The maximum absolute atomic E-state index is 13.3. The van der Waals surface area contributed by atoms with Gasteiger partial charge in [-0.05, 0) is 50.6 Å². The zero-order valence-electron chi connectivity index (χ0n) is 18.1. The Kier molecular flexibility index (Phi) is 8.01. The van der Waals surface area contributed by atoms with Gasteiger partial charge in [0.25, 0.3) is 0 Å². The summed E-state index contributed by atoms with van der Waals surface area (Å²) < 4.78 is 18.7. The standard InChI is InChI=1S/C23H27FN4O3/c1-5-19(29)18(14-27-20-8-6-7-13-26-20)21(25)28(22(30)31-23(2,3)4)15-16-9-11-17(24)12-10-16/h6-14,25H,5,15H2,1-4H3,(H,26,27)/b18-14-,25-21?. The number of carbonyl (C=O) groups is 2. The van der Waals surface area contributed by atoms with Crippen molar-refractivity contribution in [3.63, 3.8) is 0 Å². The molecule has 2 aromatic rings. The lowest BCUT2D eigenvalue weighted by atomic mass is 10.1. The lowest BCUT2D eigenvalue weighted by Gasteiger charge is -2.28. The number of ether oxygens (including phenoxy) is 1. The van der Waals surface area contributed by atoms with E-state index in [4.69, 9.17) is 10.1 Å². The minimum absolute atomic E-state index is 0.00104. The van der Waals surface area contributed by atoms with Crippen molar-refractivity contribution in [2.24, 2.45) is 0 Å². The Hall–Kier alpha value is -3.55. The van der Waals surface area contributed by atoms with Crippen LogP contribution in [0.5, 0.6) is 0 Å². The van der Waals surface area contributed by atoms with Crippen molar-refractivity contribution in [3.05, 3.63) is 71.8 Å². The SMILES string of the molecule is CCC(=O)/C(=C/Nc1ccccn1)C(=N)N(Cc1ccc(F)cc1)C(=O)OC(C)(C)C. The van der Waals surface area contributed by atoms with Crippen molar-refractivity contribution in [1.29, 1.82) is 5.41 Å². The quantitative estimate of drug-likeness (QED) is 0.373. The van der Waals surface area contributed by atoms with Crippen molar-refractivity contribution in [1.82, 2.24) is 9.88 Å². The van der Waals surface area contributed by atoms with E-state index in [1.165, 1.54) is 30.5 Å². The van der Waals surface area contributed by atoms with Gasteiger partial charge in [0, 0.05) is 18.8 Å². The number of benzene rings is 1. The second-order valence-electron chi connectivity index (χ2n) is 7.74. The van der Waals surface area contributed by atoms with Crippen molar-refractivity contribution in [2.75, 3.05) is 5.32 Å². The molecule has 2 N–H and O–H groups in total. The highest BCUT2D eigenvalue weighted by atomic mass is 19.1.